The van der Waals surface area contributed by atoms with E-state index in [-0.39, 0.29) is 12.0 Å². The molecule has 1 saturated heterocycles. The average molecular weight is 299 g/mol. The minimum absolute atomic E-state index is 0.0465. The molecule has 6 heteroatoms. The van der Waals surface area contributed by atoms with Crippen molar-refractivity contribution in [1.29, 1.82) is 0 Å². The van der Waals surface area contributed by atoms with E-state index in [0.717, 1.165) is 18.6 Å². The fraction of sp³-hybridized carbons (Fsp3) is 0.312. The van der Waals surface area contributed by atoms with Crippen molar-refractivity contribution in [2.75, 3.05) is 18.5 Å². The molecule has 0 unspecified atom stereocenters. The summed E-state index contributed by atoms with van der Waals surface area (Å²) < 4.78 is 10.9. The first-order chi connectivity index (χ1) is 10.7. The largest absolute Gasteiger partial charge is 0.472 e. The standard InChI is InChI=1S/C16H17N3O3/c1-11-4-6-17-9-14(11)19-16(20)12-2-3-15(18-8-12)22-13-5-7-21-10-13/h2-4,6,8-9,13H,5,7,10H2,1H3,(H,19,20)/t13-/m0/s1. The van der Waals surface area contributed by atoms with Gasteiger partial charge in [0.15, 0.2) is 0 Å². The quantitative estimate of drug-likeness (QED) is 0.937. The lowest BCUT2D eigenvalue weighted by Gasteiger charge is -2.11. The van der Waals surface area contributed by atoms with Crippen LogP contribution in [0.5, 0.6) is 5.88 Å². The normalized spacial score (nSPS) is 17.2. The molecule has 0 radical (unpaired) electrons. The van der Waals surface area contributed by atoms with E-state index in [1.165, 1.54) is 6.20 Å². The van der Waals surface area contributed by atoms with Gasteiger partial charge in [-0.05, 0) is 24.6 Å². The first-order valence-corrected chi connectivity index (χ1v) is 7.15. The van der Waals surface area contributed by atoms with Gasteiger partial charge in [-0.15, -0.1) is 0 Å². The summed E-state index contributed by atoms with van der Waals surface area (Å²) in [4.78, 5) is 20.4. The number of ether oxygens (including phenoxy) is 2. The molecule has 1 aliphatic heterocycles. The minimum atomic E-state index is -0.223. The van der Waals surface area contributed by atoms with Crippen LogP contribution in [-0.4, -0.2) is 35.2 Å². The minimum Gasteiger partial charge on any atom is -0.472 e. The lowest BCUT2D eigenvalue weighted by molar-refractivity contribution is 0.102. The van der Waals surface area contributed by atoms with Gasteiger partial charge in [0.25, 0.3) is 5.91 Å². The molecule has 2 aromatic heterocycles. The molecule has 1 atom stereocenters. The topological polar surface area (TPSA) is 73.3 Å². The molecule has 1 fully saturated rings. The van der Waals surface area contributed by atoms with Crippen molar-refractivity contribution in [3.05, 3.63) is 47.9 Å². The summed E-state index contributed by atoms with van der Waals surface area (Å²) in [5.41, 5.74) is 2.12. The smallest absolute Gasteiger partial charge is 0.257 e. The maximum Gasteiger partial charge on any atom is 0.257 e. The second-order valence-corrected chi connectivity index (χ2v) is 5.13. The van der Waals surface area contributed by atoms with Crippen molar-refractivity contribution in [3.8, 4) is 5.88 Å². The highest BCUT2D eigenvalue weighted by atomic mass is 16.5. The number of amides is 1. The van der Waals surface area contributed by atoms with Gasteiger partial charge >= 0.3 is 0 Å². The number of carbonyl (C=O) groups is 1. The maximum absolute atomic E-state index is 12.2. The Morgan fingerprint density at radius 1 is 1.36 bits per heavy atom. The van der Waals surface area contributed by atoms with Gasteiger partial charge < -0.3 is 14.8 Å². The Labute approximate surface area is 128 Å². The van der Waals surface area contributed by atoms with Crippen molar-refractivity contribution in [2.45, 2.75) is 19.4 Å². The summed E-state index contributed by atoms with van der Waals surface area (Å²) in [5.74, 6) is 0.281. The van der Waals surface area contributed by atoms with Crippen molar-refractivity contribution < 1.29 is 14.3 Å². The molecule has 22 heavy (non-hydrogen) atoms. The van der Waals surface area contributed by atoms with Crippen LogP contribution in [0, 0.1) is 6.92 Å². The van der Waals surface area contributed by atoms with Crippen LogP contribution in [0.15, 0.2) is 36.8 Å². The zero-order chi connectivity index (χ0) is 15.4. The predicted molar refractivity (Wildman–Crippen MR) is 81.0 cm³/mol. The van der Waals surface area contributed by atoms with Gasteiger partial charge in [-0.1, -0.05) is 0 Å². The van der Waals surface area contributed by atoms with E-state index < -0.39 is 0 Å². The molecular formula is C16H17N3O3. The number of carbonyl (C=O) groups excluding carboxylic acids is 1. The molecule has 1 amide bonds. The Morgan fingerprint density at radius 2 is 2.27 bits per heavy atom. The van der Waals surface area contributed by atoms with Crippen molar-refractivity contribution >= 4 is 11.6 Å². The fourth-order valence-corrected chi connectivity index (χ4v) is 2.15. The summed E-state index contributed by atoms with van der Waals surface area (Å²) in [5, 5.41) is 2.82. The van der Waals surface area contributed by atoms with Gasteiger partial charge in [-0.2, -0.15) is 0 Å². The number of pyridine rings is 2. The third-order valence-corrected chi connectivity index (χ3v) is 3.46. The van der Waals surface area contributed by atoms with Gasteiger partial charge in [-0.25, -0.2) is 4.98 Å². The van der Waals surface area contributed by atoms with Gasteiger partial charge in [-0.3, -0.25) is 9.78 Å². The monoisotopic (exact) mass is 299 g/mol. The van der Waals surface area contributed by atoms with E-state index in [0.29, 0.717) is 23.7 Å². The molecular weight excluding hydrogens is 282 g/mol. The fourth-order valence-electron chi connectivity index (χ4n) is 2.15. The molecule has 3 heterocycles. The molecule has 0 saturated carbocycles. The number of aryl methyl sites for hydroxylation is 1. The van der Waals surface area contributed by atoms with Crippen molar-refractivity contribution in [3.63, 3.8) is 0 Å². The number of anilines is 1. The van der Waals surface area contributed by atoms with Crippen LogP contribution >= 0.6 is 0 Å². The molecule has 2 aromatic rings. The molecule has 114 valence electrons. The highest BCUT2D eigenvalue weighted by Gasteiger charge is 2.18. The van der Waals surface area contributed by atoms with Crippen LogP contribution in [0.4, 0.5) is 5.69 Å². The van der Waals surface area contributed by atoms with Crippen LogP contribution in [0.1, 0.15) is 22.3 Å². The second-order valence-electron chi connectivity index (χ2n) is 5.13. The van der Waals surface area contributed by atoms with Crippen LogP contribution < -0.4 is 10.1 Å². The van der Waals surface area contributed by atoms with E-state index in [9.17, 15) is 4.79 Å². The Morgan fingerprint density at radius 3 is 2.95 bits per heavy atom. The highest BCUT2D eigenvalue weighted by Crippen LogP contribution is 2.16. The summed E-state index contributed by atoms with van der Waals surface area (Å²) in [7, 11) is 0. The van der Waals surface area contributed by atoms with Gasteiger partial charge in [0.05, 0.1) is 30.7 Å². The first kappa shape index (κ1) is 14.5. The Kier molecular flexibility index (Phi) is 4.29. The van der Waals surface area contributed by atoms with E-state index in [2.05, 4.69) is 15.3 Å². The number of aromatic nitrogens is 2. The summed E-state index contributed by atoms with van der Waals surface area (Å²) in [6.07, 6.45) is 5.73. The molecule has 3 rings (SSSR count). The Hall–Kier alpha value is -2.47. The number of hydrogen-bond donors (Lipinski definition) is 1. The van der Waals surface area contributed by atoms with E-state index >= 15 is 0 Å². The molecule has 0 aliphatic carbocycles. The third kappa shape index (κ3) is 3.40. The van der Waals surface area contributed by atoms with Gasteiger partial charge in [0.2, 0.25) is 5.88 Å². The maximum atomic E-state index is 12.2. The lowest BCUT2D eigenvalue weighted by Crippen LogP contribution is -2.17. The van der Waals surface area contributed by atoms with E-state index in [1.807, 2.05) is 13.0 Å². The number of hydrogen-bond acceptors (Lipinski definition) is 5. The van der Waals surface area contributed by atoms with Crippen LogP contribution in [-0.2, 0) is 4.74 Å². The van der Waals surface area contributed by atoms with Crippen molar-refractivity contribution in [2.24, 2.45) is 0 Å². The SMILES string of the molecule is Cc1ccncc1NC(=O)c1ccc(O[C@H]2CCOC2)nc1. The second kappa shape index (κ2) is 6.53. The van der Waals surface area contributed by atoms with E-state index in [4.69, 9.17) is 9.47 Å². The number of nitrogens with zero attached hydrogens (tertiary/aromatic N) is 2. The molecule has 1 N–H and O–H groups in total. The number of rotatable bonds is 4. The lowest BCUT2D eigenvalue weighted by atomic mass is 10.2. The summed E-state index contributed by atoms with van der Waals surface area (Å²) in [6, 6.07) is 5.23. The highest BCUT2D eigenvalue weighted by molar-refractivity contribution is 6.04. The molecule has 0 aromatic carbocycles. The molecule has 0 spiro atoms. The van der Waals surface area contributed by atoms with Crippen LogP contribution in [0.2, 0.25) is 0 Å². The third-order valence-electron chi connectivity index (χ3n) is 3.46. The van der Waals surface area contributed by atoms with Gasteiger partial charge in [0.1, 0.15) is 6.10 Å². The Balaban J connectivity index is 1.64. The molecule has 1 aliphatic rings. The zero-order valence-corrected chi connectivity index (χ0v) is 12.3. The molecule has 0 bridgehead atoms. The summed E-state index contributed by atoms with van der Waals surface area (Å²) in [6.45, 7) is 3.22. The Bertz CT molecular complexity index is 652. The average Bonchev–Trinajstić information content (AvgIpc) is 3.03. The van der Waals surface area contributed by atoms with Crippen LogP contribution in [0.3, 0.4) is 0 Å². The summed E-state index contributed by atoms with van der Waals surface area (Å²) >= 11 is 0. The van der Waals surface area contributed by atoms with Gasteiger partial charge in [0, 0.05) is 24.9 Å². The molecule has 6 nitrogen and oxygen atoms in total. The van der Waals surface area contributed by atoms with Crippen LogP contribution in [0.25, 0.3) is 0 Å². The van der Waals surface area contributed by atoms with E-state index in [1.54, 1.807) is 24.5 Å². The predicted octanol–water partition coefficient (Wildman–Crippen LogP) is 2.21. The van der Waals surface area contributed by atoms with Crippen molar-refractivity contribution in [1.82, 2.24) is 9.97 Å². The zero-order valence-electron chi connectivity index (χ0n) is 12.3. The first-order valence-electron chi connectivity index (χ1n) is 7.15. The number of nitrogens with one attached hydrogen (secondary N) is 1.